The van der Waals surface area contributed by atoms with Gasteiger partial charge in [-0.15, -0.1) is 0 Å². The summed E-state index contributed by atoms with van der Waals surface area (Å²) in [6, 6.07) is 0. The molecule has 0 radical (unpaired) electrons. The molecule has 0 rings (SSSR count). The number of rotatable bonds is 0. The average Bonchev–Trinajstić information content (AvgIpc) is 1.92. The third kappa shape index (κ3) is 4980. The van der Waals surface area contributed by atoms with Gasteiger partial charge in [-0.05, 0) is 0 Å². The Labute approximate surface area is 98.9 Å². The molecule has 0 N–H and O–H groups in total. The molecule has 0 saturated heterocycles. The van der Waals surface area contributed by atoms with Crippen molar-refractivity contribution in [2.75, 3.05) is 56.4 Å². The van der Waals surface area contributed by atoms with Crippen LogP contribution in [0.5, 0.6) is 0 Å². The molecule has 0 aromatic heterocycles. The van der Waals surface area contributed by atoms with Crippen LogP contribution in [0.1, 0.15) is 0 Å². The number of hydrogen-bond donors (Lipinski definition) is 0. The van der Waals surface area contributed by atoms with Crippen molar-refractivity contribution in [3.05, 3.63) is 21.3 Å². The minimum atomic E-state index is 0. The van der Waals surface area contributed by atoms with Crippen LogP contribution in [-0.4, -0.2) is 56.4 Å². The Morgan fingerprint density at radius 1 is 0.385 bits per heavy atom. The third-order valence-corrected chi connectivity index (χ3v) is 0. The van der Waals surface area contributed by atoms with Crippen LogP contribution in [0.15, 0.2) is 0 Å². The van der Waals surface area contributed by atoms with Crippen molar-refractivity contribution in [2.45, 2.75) is 0 Å². The molecule has 0 bridgehead atoms. The standard InChI is InChI=1S/4C2H6N.W/c4*1-3-2;/h4*1-2H3;/q4*-1;. The van der Waals surface area contributed by atoms with E-state index in [2.05, 4.69) is 21.3 Å². The van der Waals surface area contributed by atoms with Crippen molar-refractivity contribution >= 4 is 0 Å². The molecule has 0 aromatic carbocycles. The molecular formula is C8H24N4W-4. The van der Waals surface area contributed by atoms with Gasteiger partial charge >= 0.3 is 0 Å². The quantitative estimate of drug-likeness (QED) is 0.638. The number of nitrogens with zero attached hydrogens (tertiary/aromatic N) is 4. The summed E-state index contributed by atoms with van der Waals surface area (Å²) in [5.41, 5.74) is 0. The predicted octanol–water partition coefficient (Wildman–Crippen LogP) is 2.48. The van der Waals surface area contributed by atoms with Gasteiger partial charge < -0.3 is 21.3 Å². The van der Waals surface area contributed by atoms with Gasteiger partial charge in [0.2, 0.25) is 0 Å². The van der Waals surface area contributed by atoms with Crippen LogP contribution < -0.4 is 0 Å². The Kier molecular flexibility index (Phi) is 182. The average molecular weight is 360 g/mol. The Morgan fingerprint density at radius 3 is 0.385 bits per heavy atom. The minimum Gasteiger partial charge on any atom is -0.668 e. The molecule has 0 aromatic rings. The van der Waals surface area contributed by atoms with Crippen molar-refractivity contribution in [2.24, 2.45) is 0 Å². The summed E-state index contributed by atoms with van der Waals surface area (Å²) in [5, 5.41) is 14.0. The van der Waals surface area contributed by atoms with Gasteiger partial charge in [0.05, 0.1) is 0 Å². The third-order valence-electron chi connectivity index (χ3n) is 0. The van der Waals surface area contributed by atoms with Gasteiger partial charge in [0.1, 0.15) is 0 Å². The van der Waals surface area contributed by atoms with E-state index in [-0.39, 0.29) is 21.1 Å². The van der Waals surface area contributed by atoms with Gasteiger partial charge in [0, 0.05) is 21.1 Å². The Bertz CT molecular complexity index is 24.1. The smallest absolute Gasteiger partial charge is 0 e. The van der Waals surface area contributed by atoms with Crippen LogP contribution in [0.2, 0.25) is 0 Å². The second-order valence-corrected chi connectivity index (χ2v) is 1.79. The van der Waals surface area contributed by atoms with Crippen molar-refractivity contribution in [3.8, 4) is 0 Å². The molecule has 5 heteroatoms. The monoisotopic (exact) mass is 360 g/mol. The molecule has 0 amide bonds. The molecule has 0 saturated carbocycles. The van der Waals surface area contributed by atoms with Crippen LogP contribution >= 0.6 is 0 Å². The zero-order chi connectivity index (χ0) is 10.8. The predicted molar refractivity (Wildman–Crippen MR) is 60.8 cm³/mol. The molecule has 0 aliphatic carbocycles. The maximum Gasteiger partial charge on any atom is 0 e. The first-order chi connectivity index (χ1) is 5.66. The maximum absolute atomic E-state index is 3.50. The summed E-state index contributed by atoms with van der Waals surface area (Å²) in [7, 11) is 14.0. The number of hydrogen-bond acceptors (Lipinski definition) is 0. The first kappa shape index (κ1) is 29.2. The molecular weight excluding hydrogens is 336 g/mol. The van der Waals surface area contributed by atoms with Gasteiger partial charge in [0.15, 0.2) is 0 Å². The van der Waals surface area contributed by atoms with Crippen LogP contribution in [-0.2, 0) is 21.1 Å². The van der Waals surface area contributed by atoms with Crippen molar-refractivity contribution < 1.29 is 21.1 Å². The van der Waals surface area contributed by atoms with E-state index >= 15 is 0 Å². The molecule has 86 valence electrons. The van der Waals surface area contributed by atoms with E-state index in [1.807, 2.05) is 0 Å². The SMILES string of the molecule is C[N-]C.C[N-]C.C[N-]C.C[N-]C.[W]. The van der Waals surface area contributed by atoms with E-state index in [4.69, 9.17) is 0 Å². The molecule has 0 heterocycles. The van der Waals surface area contributed by atoms with Gasteiger partial charge in [0.25, 0.3) is 0 Å². The zero-order valence-corrected chi connectivity index (χ0v) is 13.1. The summed E-state index contributed by atoms with van der Waals surface area (Å²) in [6.07, 6.45) is 0. The molecule has 0 spiro atoms. The summed E-state index contributed by atoms with van der Waals surface area (Å²) >= 11 is 0. The molecule has 0 unspecified atom stereocenters. The summed E-state index contributed by atoms with van der Waals surface area (Å²) in [6.45, 7) is 0. The first-order valence-electron chi connectivity index (χ1n) is 3.58. The van der Waals surface area contributed by atoms with Gasteiger partial charge in [-0.25, -0.2) is 0 Å². The van der Waals surface area contributed by atoms with Crippen LogP contribution in [0, 0.1) is 0 Å². The van der Waals surface area contributed by atoms with Crippen LogP contribution in [0.3, 0.4) is 0 Å². The van der Waals surface area contributed by atoms with Crippen molar-refractivity contribution in [1.82, 2.24) is 0 Å². The molecule has 0 atom stereocenters. The fourth-order valence-electron chi connectivity index (χ4n) is 0. The van der Waals surface area contributed by atoms with Crippen molar-refractivity contribution in [1.29, 1.82) is 0 Å². The Balaban J connectivity index is -0.0000000213. The van der Waals surface area contributed by atoms with E-state index in [0.717, 1.165) is 0 Å². The van der Waals surface area contributed by atoms with E-state index in [1.54, 1.807) is 56.4 Å². The minimum absolute atomic E-state index is 0. The Morgan fingerprint density at radius 2 is 0.385 bits per heavy atom. The first-order valence-corrected chi connectivity index (χ1v) is 3.58. The van der Waals surface area contributed by atoms with Crippen LogP contribution in [0.4, 0.5) is 0 Å². The molecule has 4 nitrogen and oxygen atoms in total. The summed E-state index contributed by atoms with van der Waals surface area (Å²) in [4.78, 5) is 0. The van der Waals surface area contributed by atoms with Crippen molar-refractivity contribution in [3.63, 3.8) is 0 Å². The second-order valence-electron chi connectivity index (χ2n) is 1.79. The normalized spacial score (nSPS) is 5.54. The Hall–Kier alpha value is 0.528. The van der Waals surface area contributed by atoms with E-state index in [1.165, 1.54) is 0 Å². The van der Waals surface area contributed by atoms with E-state index in [0.29, 0.717) is 0 Å². The summed E-state index contributed by atoms with van der Waals surface area (Å²) in [5.74, 6) is 0. The molecule has 0 aliphatic rings. The van der Waals surface area contributed by atoms with E-state index in [9.17, 15) is 0 Å². The molecule has 13 heavy (non-hydrogen) atoms. The topological polar surface area (TPSA) is 56.4 Å². The van der Waals surface area contributed by atoms with Gasteiger partial charge in [-0.2, -0.15) is 56.4 Å². The zero-order valence-electron chi connectivity index (χ0n) is 10.2. The van der Waals surface area contributed by atoms with E-state index < -0.39 is 0 Å². The van der Waals surface area contributed by atoms with Gasteiger partial charge in [-0.3, -0.25) is 0 Å². The molecule has 0 fully saturated rings. The van der Waals surface area contributed by atoms with Gasteiger partial charge in [-0.1, -0.05) is 0 Å². The van der Waals surface area contributed by atoms with Crippen LogP contribution in [0.25, 0.3) is 21.3 Å². The fraction of sp³-hybridized carbons (Fsp3) is 1.00. The fourth-order valence-corrected chi connectivity index (χ4v) is 0. The largest absolute Gasteiger partial charge is 0.668 e. The second kappa shape index (κ2) is 81.2. The molecule has 0 aliphatic heterocycles. The maximum atomic E-state index is 3.50. The summed E-state index contributed by atoms with van der Waals surface area (Å²) < 4.78 is 0.